The number of nitrogens with zero attached hydrogens (tertiary/aromatic N) is 3. The standard InChI is InChI=1S/C24H26N4O3.C7H8O3S/c1-3-31-22-12-17-18-11-16(29)6-7-20(18)27-24(19(17)13-21(22)30-2)15-5-8-23(25-14-15)28-10-4-9-26-28;1-6-2-4-7(5-3-6)11(8,9)10/h4-5,8-10,12-14,16,20,27,29H,3,6-7,11H2,1-2H3;2-5H,1H3,(H,8,9,10)/t16-,20-;/m1./s1. The largest absolute Gasteiger partial charge is 0.493 e. The predicted octanol–water partition coefficient (Wildman–Crippen LogP) is 2.74. The monoisotopic (exact) mass is 590 g/mol. The Morgan fingerprint density at radius 2 is 1.83 bits per heavy atom. The second kappa shape index (κ2) is 12.4. The second-order valence-corrected chi connectivity index (χ2v) is 11.6. The maximum Gasteiger partial charge on any atom is 0.294 e. The van der Waals surface area contributed by atoms with Crippen LogP contribution in [0.25, 0.3) is 17.1 Å². The van der Waals surface area contributed by atoms with Crippen LogP contribution in [-0.4, -0.2) is 58.7 Å². The molecule has 0 bridgehead atoms. The van der Waals surface area contributed by atoms with E-state index in [0.717, 1.165) is 51.7 Å². The van der Waals surface area contributed by atoms with Gasteiger partial charge in [-0.05, 0) is 86.4 Å². The number of hydrogen-bond donors (Lipinski definition) is 3. The summed E-state index contributed by atoms with van der Waals surface area (Å²) >= 11 is 0. The van der Waals surface area contributed by atoms with Crippen molar-refractivity contribution in [1.29, 1.82) is 0 Å². The number of ether oxygens (including phenoxy) is 2. The minimum Gasteiger partial charge on any atom is -0.493 e. The van der Waals surface area contributed by atoms with Gasteiger partial charge < -0.3 is 19.9 Å². The van der Waals surface area contributed by atoms with E-state index in [1.165, 1.54) is 17.7 Å². The SMILES string of the molecule is CCOc1cc2c(cc1OC)=C(c1ccc(-n3cccn3)nc1)N[C@@H]1CC[C@@H](O)CC=21.Cc1ccc(S(=O)(=O)O)cc1. The maximum atomic E-state index is 10.5. The van der Waals surface area contributed by atoms with Crippen LogP contribution < -0.4 is 25.2 Å². The second-order valence-electron chi connectivity index (χ2n) is 10.2. The fourth-order valence-electron chi connectivity index (χ4n) is 5.22. The Hall–Kier alpha value is -4.19. The summed E-state index contributed by atoms with van der Waals surface area (Å²) in [5.41, 5.74) is 4.19. The molecule has 2 aromatic heterocycles. The van der Waals surface area contributed by atoms with Crippen LogP contribution in [0.2, 0.25) is 0 Å². The molecule has 6 rings (SSSR count). The molecule has 2 aromatic carbocycles. The number of rotatable bonds is 6. The molecule has 10 nitrogen and oxygen atoms in total. The van der Waals surface area contributed by atoms with Crippen molar-refractivity contribution in [3.63, 3.8) is 0 Å². The smallest absolute Gasteiger partial charge is 0.294 e. The number of aliphatic hydroxyl groups is 1. The van der Waals surface area contributed by atoms with Gasteiger partial charge in [-0.15, -0.1) is 0 Å². The summed E-state index contributed by atoms with van der Waals surface area (Å²) in [4.78, 5) is 4.55. The molecule has 4 aromatic rings. The first-order chi connectivity index (χ1) is 20.2. The van der Waals surface area contributed by atoms with E-state index in [1.807, 2.05) is 44.4 Å². The Bertz CT molecular complexity index is 1770. The summed E-state index contributed by atoms with van der Waals surface area (Å²) in [6.07, 6.45) is 7.50. The lowest BCUT2D eigenvalue weighted by Gasteiger charge is -2.34. The molecule has 0 unspecified atom stereocenters. The molecule has 0 radical (unpaired) electrons. The van der Waals surface area contributed by atoms with Crippen LogP contribution in [0.1, 0.15) is 37.3 Å². The van der Waals surface area contributed by atoms with Crippen molar-refractivity contribution >= 4 is 21.4 Å². The highest BCUT2D eigenvalue weighted by atomic mass is 32.2. The third kappa shape index (κ3) is 6.33. The topological polar surface area (TPSA) is 136 Å². The number of benzene rings is 2. The number of aliphatic hydroxyl groups excluding tert-OH is 1. The third-order valence-electron chi connectivity index (χ3n) is 7.30. The molecule has 220 valence electrons. The van der Waals surface area contributed by atoms with Gasteiger partial charge in [0.2, 0.25) is 0 Å². The Balaban J connectivity index is 0.000000271. The van der Waals surface area contributed by atoms with Crippen molar-refractivity contribution in [3.05, 3.63) is 94.8 Å². The van der Waals surface area contributed by atoms with Gasteiger partial charge in [-0.1, -0.05) is 17.7 Å². The molecular formula is C31H34N4O6S. The van der Waals surface area contributed by atoms with Gasteiger partial charge in [0.1, 0.15) is 0 Å². The first kappa shape index (κ1) is 29.3. The Labute approximate surface area is 244 Å². The molecule has 0 saturated heterocycles. The summed E-state index contributed by atoms with van der Waals surface area (Å²) < 4.78 is 42.8. The first-order valence-corrected chi connectivity index (χ1v) is 15.2. The van der Waals surface area contributed by atoms with Crippen LogP contribution in [0.5, 0.6) is 11.5 Å². The lowest BCUT2D eigenvalue weighted by molar-refractivity contribution is 0.152. The fraction of sp³-hybridized carbons (Fsp3) is 0.290. The number of methoxy groups -OCH3 is 1. The molecule has 1 saturated carbocycles. The molecule has 11 heteroatoms. The zero-order chi connectivity index (χ0) is 29.9. The molecule has 0 amide bonds. The number of fused-ring (bicyclic) bond motifs is 2. The van der Waals surface area contributed by atoms with Gasteiger partial charge in [-0.3, -0.25) is 4.55 Å². The van der Waals surface area contributed by atoms with E-state index in [9.17, 15) is 13.5 Å². The van der Waals surface area contributed by atoms with Crippen LogP contribution in [0, 0.1) is 6.92 Å². The zero-order valence-electron chi connectivity index (χ0n) is 23.7. The average molecular weight is 591 g/mol. The molecule has 0 spiro atoms. The third-order valence-corrected chi connectivity index (χ3v) is 8.16. The highest BCUT2D eigenvalue weighted by Crippen LogP contribution is 2.30. The number of nitrogens with one attached hydrogen (secondary N) is 1. The van der Waals surface area contributed by atoms with Gasteiger partial charge in [0.15, 0.2) is 17.3 Å². The van der Waals surface area contributed by atoms with Gasteiger partial charge in [-0.2, -0.15) is 13.5 Å². The molecule has 2 atom stereocenters. The lowest BCUT2D eigenvalue weighted by atomic mass is 9.83. The minimum absolute atomic E-state index is 0.0666. The number of aromatic nitrogens is 3. The molecule has 2 aliphatic rings. The molecule has 42 heavy (non-hydrogen) atoms. The lowest BCUT2D eigenvalue weighted by Crippen LogP contribution is -2.49. The van der Waals surface area contributed by atoms with Crippen molar-refractivity contribution in [2.45, 2.75) is 50.2 Å². The van der Waals surface area contributed by atoms with Gasteiger partial charge in [0.25, 0.3) is 10.1 Å². The molecule has 1 fully saturated rings. The van der Waals surface area contributed by atoms with Crippen molar-refractivity contribution < 1.29 is 27.6 Å². The van der Waals surface area contributed by atoms with Gasteiger partial charge in [0, 0.05) is 35.4 Å². The quantitative estimate of drug-likeness (QED) is 0.290. The molecule has 3 N–H and O–H groups in total. The summed E-state index contributed by atoms with van der Waals surface area (Å²) in [5, 5.41) is 20.4. The van der Waals surface area contributed by atoms with E-state index in [4.69, 9.17) is 14.0 Å². The summed E-state index contributed by atoms with van der Waals surface area (Å²) in [7, 11) is -2.37. The Morgan fingerprint density at radius 1 is 1.07 bits per heavy atom. The van der Waals surface area contributed by atoms with E-state index in [0.29, 0.717) is 18.8 Å². The highest BCUT2D eigenvalue weighted by molar-refractivity contribution is 7.85. The molecular weight excluding hydrogens is 556 g/mol. The van der Waals surface area contributed by atoms with Gasteiger partial charge in [0.05, 0.1) is 30.4 Å². The summed E-state index contributed by atoms with van der Waals surface area (Å²) in [6.45, 7) is 4.36. The number of hydrogen-bond acceptors (Lipinski definition) is 8. The fourth-order valence-corrected chi connectivity index (χ4v) is 5.70. The molecule has 1 aliphatic heterocycles. The highest BCUT2D eigenvalue weighted by Gasteiger charge is 2.29. The molecule has 1 aliphatic carbocycles. The summed E-state index contributed by atoms with van der Waals surface area (Å²) in [6, 6.07) is 16.1. The van der Waals surface area contributed by atoms with Crippen LogP contribution in [0.4, 0.5) is 0 Å². The van der Waals surface area contributed by atoms with Crippen molar-refractivity contribution in [1.82, 2.24) is 20.1 Å². The van der Waals surface area contributed by atoms with Crippen molar-refractivity contribution in [2.75, 3.05) is 13.7 Å². The van der Waals surface area contributed by atoms with Crippen LogP contribution in [-0.2, 0) is 10.1 Å². The van der Waals surface area contributed by atoms with Crippen molar-refractivity contribution in [3.8, 4) is 17.3 Å². The maximum absolute atomic E-state index is 10.5. The van der Waals surface area contributed by atoms with E-state index >= 15 is 0 Å². The summed E-state index contributed by atoms with van der Waals surface area (Å²) in [5.74, 6) is 2.18. The number of aryl methyl sites for hydroxylation is 1. The van der Waals surface area contributed by atoms with Crippen LogP contribution >= 0.6 is 0 Å². The zero-order valence-corrected chi connectivity index (χ0v) is 24.5. The normalized spacial score (nSPS) is 17.7. The van der Waals surface area contributed by atoms with E-state index in [-0.39, 0.29) is 17.0 Å². The van der Waals surface area contributed by atoms with Crippen molar-refractivity contribution in [2.24, 2.45) is 0 Å². The average Bonchev–Trinajstić information content (AvgIpc) is 3.52. The Kier molecular flexibility index (Phi) is 8.62. The minimum atomic E-state index is -4.02. The van der Waals surface area contributed by atoms with E-state index in [2.05, 4.69) is 27.5 Å². The van der Waals surface area contributed by atoms with Crippen LogP contribution in [0.15, 0.2) is 78.1 Å². The molecule has 3 heterocycles. The number of pyridine rings is 1. The van der Waals surface area contributed by atoms with Gasteiger partial charge >= 0.3 is 0 Å². The Morgan fingerprint density at radius 3 is 2.45 bits per heavy atom. The predicted molar refractivity (Wildman–Crippen MR) is 158 cm³/mol. The van der Waals surface area contributed by atoms with E-state index in [1.54, 1.807) is 30.1 Å². The first-order valence-electron chi connectivity index (χ1n) is 13.7. The van der Waals surface area contributed by atoms with E-state index < -0.39 is 10.1 Å². The van der Waals surface area contributed by atoms with Gasteiger partial charge in [-0.25, -0.2) is 9.67 Å². The van der Waals surface area contributed by atoms with Crippen LogP contribution in [0.3, 0.4) is 0 Å².